The van der Waals surface area contributed by atoms with Crippen LogP contribution in [0.2, 0.25) is 0 Å². The van der Waals surface area contributed by atoms with E-state index in [1.165, 1.54) is 71.1 Å². The molecule has 25 heavy (non-hydrogen) atoms. The van der Waals surface area contributed by atoms with Gasteiger partial charge in [-0.1, -0.05) is 71.1 Å². The molecule has 0 radical (unpaired) electrons. The second-order valence-corrected chi connectivity index (χ2v) is 7.58. The molecule has 0 aromatic carbocycles. The third-order valence-corrected chi connectivity index (χ3v) is 4.35. The Kier molecular flexibility index (Phi) is 19.6. The van der Waals surface area contributed by atoms with Crippen molar-refractivity contribution in [1.82, 2.24) is 0 Å². The van der Waals surface area contributed by atoms with Gasteiger partial charge in [0.1, 0.15) is 0 Å². The van der Waals surface area contributed by atoms with Crippen molar-refractivity contribution < 1.29 is 26.8 Å². The molecule has 0 rings (SSSR count). The zero-order valence-corrected chi connectivity index (χ0v) is 17.5. The Labute approximate surface area is 155 Å². The van der Waals surface area contributed by atoms with Gasteiger partial charge < -0.3 is 4.55 Å². The molecule has 0 saturated heterocycles. The minimum atomic E-state index is -4.42. The number of unbranched alkanes of at least 4 members (excludes halogenated alkanes) is 10. The maximum Gasteiger partial charge on any atom is 0.311 e. The molecule has 0 aliphatic carbocycles. The molecule has 6 nitrogen and oxygen atoms in total. The first-order valence-electron chi connectivity index (χ1n) is 9.68. The monoisotopic (exact) mass is 381 g/mol. The molecule has 0 spiro atoms. The summed E-state index contributed by atoms with van der Waals surface area (Å²) in [5, 5.41) is 0. The van der Waals surface area contributed by atoms with E-state index in [1.54, 1.807) is 0 Å². The normalized spacial score (nSPS) is 11.3. The SMILES string of the molecule is CCCCCCCCCCCCCC(=O)[NH+](C)C.CCOS(=O)(=O)[O-]. The molecule has 0 bridgehead atoms. The summed E-state index contributed by atoms with van der Waals surface area (Å²) in [6, 6.07) is 0. The van der Waals surface area contributed by atoms with Crippen molar-refractivity contribution >= 4 is 16.3 Å². The molecule has 0 aliphatic heterocycles. The Morgan fingerprint density at radius 2 is 1.24 bits per heavy atom. The van der Waals surface area contributed by atoms with E-state index in [4.69, 9.17) is 0 Å². The Balaban J connectivity index is 0. The number of carbonyl (C=O) groups is 1. The highest BCUT2D eigenvalue weighted by molar-refractivity contribution is 7.80. The fourth-order valence-corrected chi connectivity index (χ4v) is 2.63. The van der Waals surface area contributed by atoms with E-state index in [0.717, 1.165) is 17.7 Å². The van der Waals surface area contributed by atoms with E-state index in [1.807, 2.05) is 14.1 Å². The van der Waals surface area contributed by atoms with Crippen molar-refractivity contribution in [2.75, 3.05) is 20.7 Å². The predicted octanol–water partition coefficient (Wildman–Crippen LogP) is 2.84. The molecular formula is C18H39NO5S. The molecule has 7 heteroatoms. The Morgan fingerprint density at radius 1 is 0.840 bits per heavy atom. The van der Waals surface area contributed by atoms with Gasteiger partial charge in [0.2, 0.25) is 10.4 Å². The maximum atomic E-state index is 11.4. The summed E-state index contributed by atoms with van der Waals surface area (Å²) in [6.45, 7) is 3.60. The molecule has 0 unspecified atom stereocenters. The second kappa shape index (κ2) is 18.3. The van der Waals surface area contributed by atoms with Gasteiger partial charge in [0.15, 0.2) is 0 Å². The van der Waals surface area contributed by atoms with Gasteiger partial charge in [0.05, 0.1) is 27.1 Å². The van der Waals surface area contributed by atoms with Crippen LogP contribution in [-0.4, -0.2) is 39.6 Å². The maximum absolute atomic E-state index is 11.4. The van der Waals surface area contributed by atoms with Crippen LogP contribution < -0.4 is 4.90 Å². The lowest BCUT2D eigenvalue weighted by molar-refractivity contribution is -0.775. The highest BCUT2D eigenvalue weighted by Gasteiger charge is 2.07. The second-order valence-electron chi connectivity index (χ2n) is 6.52. The third kappa shape index (κ3) is 25.8. The number of quaternary nitrogens is 1. The molecule has 152 valence electrons. The zero-order valence-electron chi connectivity index (χ0n) is 16.6. The van der Waals surface area contributed by atoms with E-state index in [-0.39, 0.29) is 6.61 Å². The van der Waals surface area contributed by atoms with Crippen LogP contribution in [0.4, 0.5) is 0 Å². The van der Waals surface area contributed by atoms with Gasteiger partial charge in [-0.3, -0.25) is 9.08 Å². The number of hydrogen-bond donors (Lipinski definition) is 1. The van der Waals surface area contributed by atoms with Gasteiger partial charge in [0, 0.05) is 0 Å². The number of carbonyl (C=O) groups excluding carboxylic acids is 1. The standard InChI is InChI=1S/C16H33NO.C2H6O4S/c1-4-5-6-7-8-9-10-11-12-13-14-15-16(18)17(2)3;1-2-6-7(3,4)5/h4-15H2,1-3H3;2H2,1H3,(H,3,4,5). The van der Waals surface area contributed by atoms with E-state index >= 15 is 0 Å². The first-order chi connectivity index (χ1) is 11.7. The molecular weight excluding hydrogens is 342 g/mol. The smallest absolute Gasteiger partial charge is 0.311 e. The van der Waals surface area contributed by atoms with Crippen LogP contribution in [0, 0.1) is 0 Å². The number of hydrogen-bond acceptors (Lipinski definition) is 5. The largest absolute Gasteiger partial charge is 0.726 e. The first-order valence-corrected chi connectivity index (χ1v) is 11.0. The van der Waals surface area contributed by atoms with E-state index in [2.05, 4.69) is 11.1 Å². The summed E-state index contributed by atoms with van der Waals surface area (Å²) in [5.74, 6) is 0.353. The van der Waals surface area contributed by atoms with E-state index < -0.39 is 10.4 Å². The highest BCUT2D eigenvalue weighted by atomic mass is 32.3. The zero-order chi connectivity index (χ0) is 19.6. The van der Waals surface area contributed by atoms with Gasteiger partial charge in [-0.2, -0.15) is 0 Å². The third-order valence-electron chi connectivity index (χ3n) is 3.83. The summed E-state index contributed by atoms with van der Waals surface area (Å²) < 4.78 is 32.0. The van der Waals surface area contributed by atoms with Gasteiger partial charge in [-0.15, -0.1) is 0 Å². The molecule has 0 aromatic heterocycles. The fraction of sp³-hybridized carbons (Fsp3) is 0.944. The average Bonchev–Trinajstić information content (AvgIpc) is 2.51. The molecule has 1 N–H and O–H groups in total. The average molecular weight is 382 g/mol. The summed E-state index contributed by atoms with van der Waals surface area (Å²) in [5.41, 5.74) is 0. The van der Waals surface area contributed by atoms with Crippen LogP contribution >= 0.6 is 0 Å². The quantitative estimate of drug-likeness (QED) is 0.284. The van der Waals surface area contributed by atoms with Crippen LogP contribution in [0.3, 0.4) is 0 Å². The summed E-state index contributed by atoms with van der Waals surface area (Å²) in [4.78, 5) is 12.3. The lowest BCUT2D eigenvalue weighted by atomic mass is 10.1. The van der Waals surface area contributed by atoms with Crippen molar-refractivity contribution in [3.05, 3.63) is 0 Å². The van der Waals surface area contributed by atoms with Crippen molar-refractivity contribution in [2.45, 2.75) is 90.9 Å². The van der Waals surface area contributed by atoms with Crippen LogP contribution in [0.5, 0.6) is 0 Å². The minimum Gasteiger partial charge on any atom is -0.726 e. The molecule has 0 heterocycles. The van der Waals surface area contributed by atoms with Gasteiger partial charge >= 0.3 is 5.91 Å². The predicted molar refractivity (Wildman–Crippen MR) is 100 cm³/mol. The van der Waals surface area contributed by atoms with Gasteiger partial charge in [0.25, 0.3) is 0 Å². The highest BCUT2D eigenvalue weighted by Crippen LogP contribution is 2.11. The fourth-order valence-electron chi connectivity index (χ4n) is 2.34. The number of nitrogens with one attached hydrogen (secondary N) is 1. The topological polar surface area (TPSA) is 87.9 Å². The molecule has 1 amide bonds. The van der Waals surface area contributed by atoms with Crippen molar-refractivity contribution in [3.8, 4) is 0 Å². The Morgan fingerprint density at radius 3 is 1.52 bits per heavy atom. The van der Waals surface area contributed by atoms with Crippen LogP contribution in [0.25, 0.3) is 0 Å². The Hall–Kier alpha value is -0.500. The van der Waals surface area contributed by atoms with Gasteiger partial charge in [-0.05, 0) is 13.3 Å². The first kappa shape index (κ1) is 26.7. The lowest BCUT2D eigenvalue weighted by Gasteiger charge is -2.04. The van der Waals surface area contributed by atoms with Crippen LogP contribution in [0.1, 0.15) is 90.9 Å². The van der Waals surface area contributed by atoms with E-state index in [0.29, 0.717) is 5.91 Å². The minimum absolute atomic E-state index is 0.0914. The van der Waals surface area contributed by atoms with Crippen molar-refractivity contribution in [2.24, 2.45) is 0 Å². The summed E-state index contributed by atoms with van der Waals surface area (Å²) in [6.07, 6.45) is 15.6. The summed E-state index contributed by atoms with van der Waals surface area (Å²) >= 11 is 0. The molecule has 0 fully saturated rings. The summed E-state index contributed by atoms with van der Waals surface area (Å²) in [7, 11) is -0.589. The molecule has 0 atom stereocenters. The van der Waals surface area contributed by atoms with Crippen LogP contribution in [0.15, 0.2) is 0 Å². The van der Waals surface area contributed by atoms with E-state index in [9.17, 15) is 17.8 Å². The molecule has 0 saturated carbocycles. The van der Waals surface area contributed by atoms with Crippen LogP contribution in [-0.2, 0) is 19.4 Å². The number of amides is 1. The number of rotatable bonds is 14. The van der Waals surface area contributed by atoms with Gasteiger partial charge in [-0.25, -0.2) is 13.2 Å². The van der Waals surface area contributed by atoms with Crippen molar-refractivity contribution in [3.63, 3.8) is 0 Å². The lowest BCUT2D eigenvalue weighted by Crippen LogP contribution is -3.08. The van der Waals surface area contributed by atoms with Crippen molar-refractivity contribution in [1.29, 1.82) is 0 Å². The molecule has 0 aliphatic rings. The molecule has 0 aromatic rings. The Bertz CT molecular complexity index is 396.